The minimum Gasteiger partial charge on any atom is -0.347 e. The third-order valence-corrected chi connectivity index (χ3v) is 20.5. The van der Waals surface area contributed by atoms with Crippen LogP contribution >= 0.6 is 23.4 Å². The predicted molar refractivity (Wildman–Crippen MR) is 334 cm³/mol. The molecule has 11 amide bonds. The van der Waals surface area contributed by atoms with E-state index in [0.717, 1.165) is 78.6 Å². The number of nitrogens with zero attached hydrogens (tertiary/aromatic N) is 8. The molecule has 0 aromatic heterocycles. The Hall–Kier alpha value is -6.18. The van der Waals surface area contributed by atoms with Gasteiger partial charge in [-0.1, -0.05) is 95.7 Å². The highest BCUT2D eigenvalue weighted by molar-refractivity contribution is 8.00. The molecule has 90 heavy (non-hydrogen) atoms. The number of amides is 11. The maximum atomic E-state index is 15.4. The van der Waals surface area contributed by atoms with Crippen molar-refractivity contribution in [2.24, 2.45) is 17.8 Å². The number of carbonyl (C=O) groups is 11. The van der Waals surface area contributed by atoms with Gasteiger partial charge in [0, 0.05) is 68.7 Å². The van der Waals surface area contributed by atoms with Gasteiger partial charge < -0.3 is 55.1 Å². The maximum Gasteiger partial charge on any atom is 0.417 e. The number of aryl methyl sites for hydroxylation is 1. The van der Waals surface area contributed by atoms with E-state index >= 15 is 14.4 Å². The third-order valence-electron chi connectivity index (χ3n) is 19.2. The third kappa shape index (κ3) is 18.3. The van der Waals surface area contributed by atoms with Crippen LogP contribution in [0, 0.1) is 17.8 Å². The number of thioether (sulfide) groups is 1. The van der Waals surface area contributed by atoms with Crippen LogP contribution in [0.4, 0.5) is 13.2 Å². The van der Waals surface area contributed by atoms with Crippen LogP contribution in [-0.4, -0.2) is 240 Å². The normalized spacial score (nSPS) is 26.3. The average Bonchev–Trinajstić information content (AvgIpc) is 1.51. The molecule has 1 aromatic carbocycles. The van der Waals surface area contributed by atoms with Crippen LogP contribution in [0.15, 0.2) is 18.2 Å². The molecule has 3 saturated carbocycles. The molecule has 3 N–H and O–H groups in total. The predicted octanol–water partition coefficient (Wildman–Crippen LogP) is 4.58. The van der Waals surface area contributed by atoms with Gasteiger partial charge in [0.25, 0.3) is 0 Å². The summed E-state index contributed by atoms with van der Waals surface area (Å²) < 4.78 is 41.4. The van der Waals surface area contributed by atoms with Crippen LogP contribution in [0.2, 0.25) is 5.02 Å². The molecular formula is C63H95ClF3N11O11S. The molecule has 3 aliphatic carbocycles. The van der Waals surface area contributed by atoms with Crippen LogP contribution in [-0.2, 0) is 65.3 Å². The standard InChI is InChI=1S/C63H95ClF3N11O11S/c1-11-39(2)53-59(87)74(7)35-51(81)72(5)36-52(82)75(8)47(33-40-20-13-12-14-21-40)58(86)73(6)34-49(79)68-45(28-26-41-25-27-43(44(64)32-41)63(65,66)67)56(84)78-31-19-24-46(78)55(83)70-62(29-17-18-30-62)61(89)77(10)54(42-22-15-16-23-42)60(88)76(9)48(57(85)71(3)4)37-90-38-50(80)69-53/h25,27,32,39-40,42,45-48,53-54H,11-24,26,28-31,33-38H2,1-10H3,(H,68,79)(H,69,80)(H,70,83)/t39-,45-,46-,47-,48-,53-,54-/m0/s1. The average molecular weight is 1310 g/mol. The van der Waals surface area contributed by atoms with Crippen LogP contribution in [0.5, 0.6) is 0 Å². The van der Waals surface area contributed by atoms with Crippen molar-refractivity contribution in [2.45, 2.75) is 184 Å². The van der Waals surface area contributed by atoms with E-state index in [1.54, 1.807) is 21.0 Å². The largest absolute Gasteiger partial charge is 0.417 e. The molecular weight excluding hydrogens is 1210 g/mol. The van der Waals surface area contributed by atoms with Crippen LogP contribution < -0.4 is 16.0 Å². The second-order valence-electron chi connectivity index (χ2n) is 25.9. The molecule has 0 bridgehead atoms. The van der Waals surface area contributed by atoms with Crippen molar-refractivity contribution < 1.29 is 65.9 Å². The number of nitrogens with one attached hydrogen (secondary N) is 3. The fourth-order valence-electron chi connectivity index (χ4n) is 13.5. The van der Waals surface area contributed by atoms with Crippen molar-refractivity contribution >= 4 is 88.3 Å². The molecule has 1 spiro atoms. The van der Waals surface area contributed by atoms with Crippen LogP contribution in [0.25, 0.3) is 0 Å². The first kappa shape index (κ1) is 72.9. The fourth-order valence-corrected chi connectivity index (χ4v) is 14.7. The number of alkyl halides is 3. The van der Waals surface area contributed by atoms with Crippen molar-refractivity contribution in [2.75, 3.05) is 94.1 Å². The summed E-state index contributed by atoms with van der Waals surface area (Å²) in [6.45, 7) is 2.11. The number of hydrogen-bond donors (Lipinski definition) is 3. The summed E-state index contributed by atoms with van der Waals surface area (Å²) in [4.78, 5) is 170. The minimum atomic E-state index is -4.74. The molecule has 5 aliphatic rings. The molecule has 2 aliphatic heterocycles. The van der Waals surface area contributed by atoms with Gasteiger partial charge in [-0.2, -0.15) is 13.2 Å². The van der Waals surface area contributed by atoms with Crippen molar-refractivity contribution in [1.29, 1.82) is 0 Å². The van der Waals surface area contributed by atoms with Gasteiger partial charge in [-0.05, 0) is 93.2 Å². The van der Waals surface area contributed by atoms with E-state index in [0.29, 0.717) is 44.1 Å². The molecule has 22 nitrogen and oxygen atoms in total. The highest BCUT2D eigenvalue weighted by atomic mass is 35.5. The molecule has 7 atom stereocenters. The number of benzene rings is 1. The van der Waals surface area contributed by atoms with Crippen molar-refractivity contribution in [3.05, 3.63) is 34.3 Å². The van der Waals surface area contributed by atoms with E-state index in [1.807, 2.05) is 6.92 Å². The van der Waals surface area contributed by atoms with Crippen molar-refractivity contribution in [1.82, 2.24) is 55.1 Å². The van der Waals surface area contributed by atoms with E-state index in [9.17, 15) is 51.5 Å². The zero-order valence-corrected chi connectivity index (χ0v) is 55.7. The lowest BCUT2D eigenvalue weighted by molar-refractivity contribution is -0.154. The first-order valence-corrected chi connectivity index (χ1v) is 33.3. The molecule has 6 rings (SSSR count). The summed E-state index contributed by atoms with van der Waals surface area (Å²) in [6.07, 6.45) is 4.97. The SMILES string of the molecule is CC[C@H](C)[C@@H]1NC(=O)CSC[C@@H](C(=O)N(C)C)N(C)C(=O)[C@H](C2CCCC2)N(C)C(=O)C2(CCCC2)NC(=O)[C@@H]2CCCN2C(=O)[C@H](CCc2ccc(C(F)(F)F)c(Cl)c2)NC(=O)CN(C)C(=O)[C@H](CC2CCCCC2)N(C)C(=O)CN(C)C(=O)CN(C)C1=O. The van der Waals surface area contributed by atoms with Gasteiger partial charge in [0.15, 0.2) is 0 Å². The molecule has 502 valence electrons. The van der Waals surface area contributed by atoms with E-state index in [4.69, 9.17) is 11.6 Å². The highest BCUT2D eigenvalue weighted by Gasteiger charge is 2.51. The number of halogens is 4. The summed E-state index contributed by atoms with van der Waals surface area (Å²) in [7, 11) is 11.7. The fraction of sp³-hybridized carbons (Fsp3) is 0.730. The van der Waals surface area contributed by atoms with Gasteiger partial charge in [0.1, 0.15) is 41.8 Å². The number of fused-ring (bicyclic) bond motifs is 1. The molecule has 2 heterocycles. The molecule has 0 unspecified atom stereocenters. The Morgan fingerprint density at radius 1 is 0.722 bits per heavy atom. The Kier molecular flexibility index (Phi) is 26.2. The number of hydrogen-bond acceptors (Lipinski definition) is 12. The first-order valence-electron chi connectivity index (χ1n) is 31.8. The van der Waals surface area contributed by atoms with Gasteiger partial charge in [-0.3, -0.25) is 52.7 Å². The molecule has 27 heteroatoms. The smallest absolute Gasteiger partial charge is 0.347 e. The maximum absolute atomic E-state index is 15.4. The van der Waals surface area contributed by atoms with E-state index in [2.05, 4.69) is 16.0 Å². The quantitative estimate of drug-likeness (QED) is 0.308. The van der Waals surface area contributed by atoms with Gasteiger partial charge in [0.2, 0.25) is 65.0 Å². The van der Waals surface area contributed by atoms with E-state index in [1.165, 1.54) is 77.8 Å². The van der Waals surface area contributed by atoms with Gasteiger partial charge in [-0.25, -0.2) is 0 Å². The Balaban J connectivity index is 1.37. The molecule has 0 radical (unpaired) electrons. The lowest BCUT2D eigenvalue weighted by Crippen LogP contribution is -2.65. The van der Waals surface area contributed by atoms with Gasteiger partial charge in [-0.15, -0.1) is 11.8 Å². The topological polar surface area (TPSA) is 250 Å². The molecule has 5 fully saturated rings. The van der Waals surface area contributed by atoms with Crippen LogP contribution in [0.3, 0.4) is 0 Å². The van der Waals surface area contributed by atoms with E-state index in [-0.39, 0.29) is 68.4 Å². The zero-order chi connectivity index (χ0) is 66.5. The van der Waals surface area contributed by atoms with Gasteiger partial charge in [0.05, 0.1) is 36.0 Å². The second kappa shape index (κ2) is 32.4. The summed E-state index contributed by atoms with van der Waals surface area (Å²) in [5, 5.41) is 8.07. The van der Waals surface area contributed by atoms with E-state index < -0.39 is 149 Å². The van der Waals surface area contributed by atoms with Crippen LogP contribution in [0.1, 0.15) is 141 Å². The van der Waals surface area contributed by atoms with Gasteiger partial charge >= 0.3 is 6.18 Å². The Morgan fingerprint density at radius 3 is 1.96 bits per heavy atom. The number of carbonyl (C=O) groups excluding carboxylic acids is 11. The summed E-state index contributed by atoms with van der Waals surface area (Å²) in [6, 6.07) is -3.72. The lowest BCUT2D eigenvalue weighted by Gasteiger charge is -2.41. The summed E-state index contributed by atoms with van der Waals surface area (Å²) in [5.41, 5.74) is -2.25. The van der Waals surface area contributed by atoms with Crippen molar-refractivity contribution in [3.8, 4) is 0 Å². The second-order valence-corrected chi connectivity index (χ2v) is 27.3. The Morgan fingerprint density at radius 2 is 1.34 bits per heavy atom. The van der Waals surface area contributed by atoms with Crippen molar-refractivity contribution in [3.63, 3.8) is 0 Å². The highest BCUT2D eigenvalue weighted by Crippen LogP contribution is 2.38. The monoisotopic (exact) mass is 1310 g/mol. The Bertz CT molecular complexity index is 2780. The molecule has 2 saturated heterocycles. The zero-order valence-electron chi connectivity index (χ0n) is 54.1. The number of likely N-dealkylation sites (N-methyl/N-ethyl adjacent to an activating group) is 7. The molecule has 1 aromatic rings. The number of rotatable bonds is 9. The lowest BCUT2D eigenvalue weighted by atomic mass is 9.84. The summed E-state index contributed by atoms with van der Waals surface area (Å²) >= 11 is 7.20. The first-order chi connectivity index (χ1) is 42.4. The minimum absolute atomic E-state index is 0.0425. The summed E-state index contributed by atoms with van der Waals surface area (Å²) in [5.74, 6) is -7.47. The Labute approximate surface area is 537 Å².